The number of rotatable bonds is 0. The fourth-order valence-electron chi connectivity index (χ4n) is 0.523. The Bertz CT molecular complexity index is 240. The van der Waals surface area contributed by atoms with Crippen molar-refractivity contribution in [2.45, 2.75) is 6.92 Å². The molecule has 1 aromatic heterocycles. The number of nitrogens with zero attached hydrogens (tertiary/aromatic N) is 2. The number of nitrogens with two attached hydrogens (primary N) is 1. The fourth-order valence-corrected chi connectivity index (χ4v) is 0.777. The molecule has 2 N–H and O–H groups in total. The zero-order valence-electron chi connectivity index (χ0n) is 5.43. The van der Waals surface area contributed by atoms with Crippen molar-refractivity contribution in [3.8, 4) is 0 Å². The second kappa shape index (κ2) is 2.46. The van der Waals surface area contributed by atoms with Crippen molar-refractivity contribution in [1.29, 1.82) is 0 Å². The van der Waals surface area contributed by atoms with E-state index in [1.54, 1.807) is 6.92 Å². The maximum Gasteiger partial charge on any atom is 0.311 e. The van der Waals surface area contributed by atoms with Crippen LogP contribution in [0.3, 0.4) is 0 Å². The van der Waals surface area contributed by atoms with Crippen molar-refractivity contribution in [1.82, 2.24) is 9.97 Å². The van der Waals surface area contributed by atoms with E-state index in [4.69, 9.17) is 5.73 Å². The van der Waals surface area contributed by atoms with Crippen LogP contribution in [0.2, 0.25) is 0 Å². The molecule has 1 aromatic rings. The molecule has 0 spiro atoms. The Morgan fingerprint density at radius 3 is 2.60 bits per heavy atom. The van der Waals surface area contributed by atoms with Crippen LogP contribution in [0, 0.1) is 13.0 Å². The first-order chi connectivity index (χ1) is 4.61. The first-order valence-electron chi connectivity index (χ1n) is 2.66. The summed E-state index contributed by atoms with van der Waals surface area (Å²) in [5.74, 6) is 0.192. The Labute approximate surface area is 60.1 Å². The fraction of sp³-hybridized carbons (Fsp3) is 0.200. The summed E-state index contributed by atoms with van der Waals surface area (Å²) in [6.45, 7) is 1.73. The van der Waals surface area contributed by atoms with Gasteiger partial charge in [-0.3, -0.25) is 0 Å². The van der Waals surface area contributed by atoms with E-state index in [0.29, 0.717) is 11.0 Å². The van der Waals surface area contributed by atoms with Crippen LogP contribution in [0.15, 0.2) is 0 Å². The largest absolute Gasteiger partial charge is 0.383 e. The molecule has 1 rings (SSSR count). The molecule has 0 fully saturated rings. The summed E-state index contributed by atoms with van der Waals surface area (Å²) < 4.78 is 12.3. The third-order valence-electron chi connectivity index (χ3n) is 1.19. The van der Waals surface area contributed by atoms with Crippen LogP contribution in [-0.2, 0) is 0 Å². The monoisotopic (exact) mass is 159 g/mol. The van der Waals surface area contributed by atoms with Gasteiger partial charge in [0.05, 0.1) is 5.44 Å². The standard InChI is InChI=1S/C5H7FN3P/c1-2-3(7)8-5(6)9-4(2)10/h10H2,1H3,(H2,7,8,9). The van der Waals surface area contributed by atoms with Crippen molar-refractivity contribution in [2.24, 2.45) is 0 Å². The van der Waals surface area contributed by atoms with E-state index in [1.807, 2.05) is 0 Å². The molecule has 1 unspecified atom stereocenters. The third kappa shape index (κ3) is 1.21. The molecule has 54 valence electrons. The average molecular weight is 159 g/mol. The second-order valence-corrected chi connectivity index (χ2v) is 2.43. The lowest BCUT2D eigenvalue weighted by Crippen LogP contribution is -2.11. The zero-order valence-corrected chi connectivity index (χ0v) is 6.58. The van der Waals surface area contributed by atoms with Gasteiger partial charge in [0.25, 0.3) is 0 Å². The number of nitrogen functional groups attached to an aromatic ring is 1. The molecule has 1 atom stereocenters. The van der Waals surface area contributed by atoms with Crippen LogP contribution in [0.1, 0.15) is 5.56 Å². The molecule has 0 aliphatic heterocycles. The molecule has 0 bridgehead atoms. The number of halogens is 1. The number of aromatic nitrogens is 2. The predicted octanol–water partition coefficient (Wildman–Crippen LogP) is 0.00672. The predicted molar refractivity (Wildman–Crippen MR) is 40.5 cm³/mol. The van der Waals surface area contributed by atoms with Gasteiger partial charge in [0.15, 0.2) is 0 Å². The average Bonchev–Trinajstić information content (AvgIpc) is 1.82. The van der Waals surface area contributed by atoms with E-state index in [1.165, 1.54) is 0 Å². The Morgan fingerprint density at radius 1 is 1.50 bits per heavy atom. The molecule has 1 heterocycles. The maximum absolute atomic E-state index is 12.3. The normalized spacial score (nSPS) is 9.90. The minimum absolute atomic E-state index is 0.192. The number of hydrogen-bond acceptors (Lipinski definition) is 3. The lowest BCUT2D eigenvalue weighted by Gasteiger charge is -1.99. The Kier molecular flexibility index (Phi) is 1.81. The molecule has 0 aliphatic carbocycles. The summed E-state index contributed by atoms with van der Waals surface area (Å²) in [6, 6.07) is 0. The van der Waals surface area contributed by atoms with Crippen molar-refractivity contribution < 1.29 is 4.39 Å². The van der Waals surface area contributed by atoms with Gasteiger partial charge in [0.1, 0.15) is 5.82 Å². The molecule has 0 radical (unpaired) electrons. The van der Waals surface area contributed by atoms with Crippen molar-refractivity contribution in [3.05, 3.63) is 11.6 Å². The minimum atomic E-state index is -0.784. The lowest BCUT2D eigenvalue weighted by atomic mass is 10.3. The van der Waals surface area contributed by atoms with Gasteiger partial charge < -0.3 is 5.73 Å². The van der Waals surface area contributed by atoms with Gasteiger partial charge >= 0.3 is 6.08 Å². The van der Waals surface area contributed by atoms with Gasteiger partial charge in [0, 0.05) is 5.56 Å². The van der Waals surface area contributed by atoms with Gasteiger partial charge in [-0.05, 0) is 6.92 Å². The van der Waals surface area contributed by atoms with E-state index in [-0.39, 0.29) is 5.82 Å². The van der Waals surface area contributed by atoms with Gasteiger partial charge in [-0.25, -0.2) is 4.98 Å². The summed E-state index contributed by atoms with van der Waals surface area (Å²) >= 11 is 0. The Hall–Kier alpha value is -0.760. The van der Waals surface area contributed by atoms with E-state index in [0.717, 1.165) is 0 Å². The van der Waals surface area contributed by atoms with E-state index >= 15 is 0 Å². The van der Waals surface area contributed by atoms with Gasteiger partial charge in [-0.1, -0.05) is 9.24 Å². The molecule has 0 amide bonds. The first kappa shape index (κ1) is 7.35. The summed E-state index contributed by atoms with van der Waals surface area (Å²) in [6.07, 6.45) is -0.784. The summed E-state index contributed by atoms with van der Waals surface area (Å²) in [4.78, 5) is 6.76. The van der Waals surface area contributed by atoms with Crippen molar-refractivity contribution in [3.63, 3.8) is 0 Å². The SMILES string of the molecule is Cc1c(N)nc(F)nc1P. The van der Waals surface area contributed by atoms with Crippen molar-refractivity contribution in [2.75, 3.05) is 5.73 Å². The number of anilines is 1. The smallest absolute Gasteiger partial charge is 0.311 e. The second-order valence-electron chi connectivity index (χ2n) is 1.89. The molecule has 0 aromatic carbocycles. The summed E-state index contributed by atoms with van der Waals surface area (Å²) in [7, 11) is 2.28. The molecule has 0 saturated carbocycles. The van der Waals surface area contributed by atoms with Gasteiger partial charge in [-0.2, -0.15) is 9.37 Å². The van der Waals surface area contributed by atoms with Crippen LogP contribution < -0.4 is 11.2 Å². The van der Waals surface area contributed by atoms with E-state index in [9.17, 15) is 4.39 Å². The third-order valence-corrected chi connectivity index (χ3v) is 1.76. The van der Waals surface area contributed by atoms with E-state index < -0.39 is 6.08 Å². The Morgan fingerprint density at radius 2 is 2.10 bits per heavy atom. The summed E-state index contributed by atoms with van der Waals surface area (Å²) in [5, 5.41) is 0. The maximum atomic E-state index is 12.3. The lowest BCUT2D eigenvalue weighted by molar-refractivity contribution is 0.543. The highest BCUT2D eigenvalue weighted by molar-refractivity contribution is 7.27. The molecule has 3 nitrogen and oxygen atoms in total. The highest BCUT2D eigenvalue weighted by Crippen LogP contribution is 2.04. The molecular formula is C5H7FN3P. The van der Waals surface area contributed by atoms with Crippen LogP contribution in [0.5, 0.6) is 0 Å². The van der Waals surface area contributed by atoms with Crippen LogP contribution >= 0.6 is 9.24 Å². The molecule has 0 saturated heterocycles. The first-order valence-corrected chi connectivity index (χ1v) is 3.24. The highest BCUT2D eigenvalue weighted by atomic mass is 31.0. The molecule has 10 heavy (non-hydrogen) atoms. The quantitative estimate of drug-likeness (QED) is 0.428. The summed E-state index contributed by atoms with van der Waals surface area (Å²) in [5.41, 5.74) is 6.52. The topological polar surface area (TPSA) is 51.8 Å². The van der Waals surface area contributed by atoms with Gasteiger partial charge in [0.2, 0.25) is 0 Å². The van der Waals surface area contributed by atoms with Crippen LogP contribution in [-0.4, -0.2) is 9.97 Å². The minimum Gasteiger partial charge on any atom is -0.383 e. The molecular weight excluding hydrogens is 152 g/mol. The van der Waals surface area contributed by atoms with Gasteiger partial charge in [-0.15, -0.1) is 0 Å². The zero-order chi connectivity index (χ0) is 7.72. The van der Waals surface area contributed by atoms with E-state index in [2.05, 4.69) is 19.2 Å². The van der Waals surface area contributed by atoms with Crippen LogP contribution in [0.4, 0.5) is 10.2 Å². The van der Waals surface area contributed by atoms with Crippen LogP contribution in [0.25, 0.3) is 0 Å². The van der Waals surface area contributed by atoms with Crippen molar-refractivity contribution >= 4 is 20.5 Å². The highest BCUT2D eigenvalue weighted by Gasteiger charge is 2.02. The Balaban J connectivity index is 3.31. The number of hydrogen-bond donors (Lipinski definition) is 1. The molecule has 0 aliphatic rings. The molecule has 5 heteroatoms.